The molecule has 1 rings (SSSR count). The number of amides is 1. The summed E-state index contributed by atoms with van der Waals surface area (Å²) in [6.07, 6.45) is -1.30. The summed E-state index contributed by atoms with van der Waals surface area (Å²) in [7, 11) is -6.50. The lowest BCUT2D eigenvalue weighted by Crippen LogP contribution is -2.54. The third-order valence-electron chi connectivity index (χ3n) is 3.44. The second-order valence-electron chi connectivity index (χ2n) is 5.04. The van der Waals surface area contributed by atoms with Gasteiger partial charge in [-0.25, -0.2) is 21.6 Å². The van der Waals surface area contributed by atoms with Crippen LogP contribution in [-0.2, 0) is 34.0 Å². The molecule has 1 heterocycles. The van der Waals surface area contributed by atoms with Gasteiger partial charge < -0.3 is 10.1 Å². The number of carbonyl (C=O) groups excluding carboxylic acids is 2. The van der Waals surface area contributed by atoms with Crippen LogP contribution in [0.3, 0.4) is 0 Å². The van der Waals surface area contributed by atoms with Crippen LogP contribution < -0.4 is 5.32 Å². The monoisotopic (exact) mass is 355 g/mol. The van der Waals surface area contributed by atoms with E-state index < -0.39 is 43.7 Å². The Labute approximate surface area is 130 Å². The van der Waals surface area contributed by atoms with Crippen molar-refractivity contribution < 1.29 is 31.2 Å². The van der Waals surface area contributed by atoms with E-state index in [0.29, 0.717) is 0 Å². The Bertz CT molecular complexity index is 568. The second-order valence-corrected chi connectivity index (χ2v) is 9.98. The Morgan fingerprint density at radius 3 is 1.95 bits per heavy atom. The highest BCUT2D eigenvalue weighted by molar-refractivity contribution is 7.91. The van der Waals surface area contributed by atoms with E-state index >= 15 is 0 Å². The average Bonchev–Trinajstić information content (AvgIpc) is 2.46. The zero-order valence-corrected chi connectivity index (χ0v) is 14.2. The van der Waals surface area contributed by atoms with Gasteiger partial charge in [0.25, 0.3) is 5.91 Å². The van der Waals surface area contributed by atoms with Crippen molar-refractivity contribution in [2.24, 2.45) is 0 Å². The third-order valence-corrected chi connectivity index (χ3v) is 6.91. The molecule has 0 saturated carbocycles. The average molecular weight is 355 g/mol. The molecule has 0 aromatic heterocycles. The maximum Gasteiger partial charge on any atom is 0.329 e. The number of carbonyl (C=O) groups is 2. The number of rotatable bonds is 8. The second kappa shape index (κ2) is 7.40. The summed E-state index contributed by atoms with van der Waals surface area (Å²) in [5.74, 6) is -1.88. The van der Waals surface area contributed by atoms with E-state index in [4.69, 9.17) is 4.74 Å². The van der Waals surface area contributed by atoms with Gasteiger partial charge in [0.15, 0.2) is 6.10 Å². The van der Waals surface area contributed by atoms with E-state index in [9.17, 15) is 26.4 Å². The van der Waals surface area contributed by atoms with Crippen molar-refractivity contribution >= 4 is 31.6 Å². The molecule has 0 aromatic rings. The maximum absolute atomic E-state index is 11.8. The first-order valence-corrected chi connectivity index (χ1v) is 10.7. The van der Waals surface area contributed by atoms with Crippen LogP contribution in [0.5, 0.6) is 0 Å². The molecule has 0 spiro atoms. The van der Waals surface area contributed by atoms with E-state index in [2.05, 4.69) is 5.32 Å². The summed E-state index contributed by atoms with van der Waals surface area (Å²) in [4.78, 5) is 23.6. The molecule has 1 aliphatic heterocycles. The zero-order chi connectivity index (χ0) is 17.0. The first-order chi connectivity index (χ1) is 10.1. The van der Waals surface area contributed by atoms with Crippen molar-refractivity contribution in [2.75, 3.05) is 23.0 Å². The molecule has 10 heteroatoms. The number of cyclic esters (lactones) is 1. The Hall–Kier alpha value is -1.16. The van der Waals surface area contributed by atoms with Gasteiger partial charge in [0.2, 0.25) is 0 Å². The molecular weight excluding hydrogens is 334 g/mol. The SMILES string of the molecule is CCS(=O)(=O)CC[C@H]1NC(=O)[C@@H](CCS(=O)(=O)CC)OC1=O. The molecule has 1 N–H and O–H groups in total. The van der Waals surface area contributed by atoms with Crippen LogP contribution in [0.15, 0.2) is 0 Å². The topological polar surface area (TPSA) is 124 Å². The van der Waals surface area contributed by atoms with Crippen LogP contribution >= 0.6 is 0 Å². The highest BCUT2D eigenvalue weighted by Crippen LogP contribution is 2.13. The molecule has 0 radical (unpaired) electrons. The lowest BCUT2D eigenvalue weighted by molar-refractivity contribution is -0.165. The normalized spacial score (nSPS) is 23.0. The standard InChI is InChI=1S/C12H21NO7S2/c1-3-21(16,17)7-5-9-12(15)20-10(11(14)13-9)6-8-22(18,19)4-2/h9-10H,3-8H2,1-2H3,(H,13,14)/t9-,10-/m1/s1. The molecule has 128 valence electrons. The van der Waals surface area contributed by atoms with Gasteiger partial charge in [0.1, 0.15) is 25.7 Å². The molecule has 2 atom stereocenters. The fourth-order valence-electron chi connectivity index (χ4n) is 1.85. The van der Waals surface area contributed by atoms with Gasteiger partial charge >= 0.3 is 5.97 Å². The van der Waals surface area contributed by atoms with Crippen molar-refractivity contribution in [1.29, 1.82) is 0 Å². The van der Waals surface area contributed by atoms with E-state index in [0.717, 1.165) is 0 Å². The molecule has 0 aliphatic carbocycles. The van der Waals surface area contributed by atoms with Crippen molar-refractivity contribution in [3.05, 3.63) is 0 Å². The van der Waals surface area contributed by atoms with Crippen LogP contribution in [-0.4, -0.2) is 63.9 Å². The Balaban J connectivity index is 2.58. The van der Waals surface area contributed by atoms with Gasteiger partial charge in [0, 0.05) is 17.9 Å². The number of hydrogen-bond acceptors (Lipinski definition) is 7. The zero-order valence-electron chi connectivity index (χ0n) is 12.6. The summed E-state index contributed by atoms with van der Waals surface area (Å²) in [5.41, 5.74) is 0. The first-order valence-electron chi connectivity index (χ1n) is 7.02. The summed E-state index contributed by atoms with van der Waals surface area (Å²) in [5, 5.41) is 2.39. The Morgan fingerprint density at radius 1 is 0.955 bits per heavy atom. The van der Waals surface area contributed by atoms with Crippen molar-refractivity contribution in [2.45, 2.75) is 38.8 Å². The summed E-state index contributed by atoms with van der Waals surface area (Å²) >= 11 is 0. The van der Waals surface area contributed by atoms with Gasteiger partial charge in [-0.3, -0.25) is 4.79 Å². The molecule has 22 heavy (non-hydrogen) atoms. The van der Waals surface area contributed by atoms with Crippen molar-refractivity contribution in [3.63, 3.8) is 0 Å². The maximum atomic E-state index is 11.8. The van der Waals surface area contributed by atoms with Gasteiger partial charge in [-0.2, -0.15) is 0 Å². The highest BCUT2D eigenvalue weighted by Gasteiger charge is 2.36. The minimum Gasteiger partial charge on any atom is -0.451 e. The smallest absolute Gasteiger partial charge is 0.329 e. The number of ether oxygens (including phenoxy) is 1. The molecule has 1 aliphatic rings. The highest BCUT2D eigenvalue weighted by atomic mass is 32.2. The van der Waals surface area contributed by atoms with E-state index in [1.54, 1.807) is 0 Å². The van der Waals surface area contributed by atoms with Crippen LogP contribution in [0.4, 0.5) is 0 Å². The van der Waals surface area contributed by atoms with Crippen LogP contribution in [0.1, 0.15) is 26.7 Å². The number of hydrogen-bond donors (Lipinski definition) is 1. The number of morpholine rings is 1. The lowest BCUT2D eigenvalue weighted by Gasteiger charge is -2.28. The molecular formula is C12H21NO7S2. The molecule has 8 nitrogen and oxygen atoms in total. The molecule has 0 bridgehead atoms. The fourth-order valence-corrected chi connectivity index (χ4v) is 3.60. The number of sulfone groups is 2. The summed E-state index contributed by atoms with van der Waals surface area (Å²) < 4.78 is 50.6. The lowest BCUT2D eigenvalue weighted by atomic mass is 10.1. The molecule has 1 amide bonds. The molecule has 1 saturated heterocycles. The summed E-state index contributed by atoms with van der Waals surface area (Å²) in [6, 6.07) is -1.01. The molecule has 0 unspecified atom stereocenters. The predicted molar refractivity (Wildman–Crippen MR) is 79.7 cm³/mol. The fraction of sp³-hybridized carbons (Fsp3) is 0.833. The van der Waals surface area contributed by atoms with Crippen LogP contribution in [0.25, 0.3) is 0 Å². The largest absolute Gasteiger partial charge is 0.451 e. The quantitative estimate of drug-likeness (QED) is 0.556. The van der Waals surface area contributed by atoms with Crippen molar-refractivity contribution in [3.8, 4) is 0 Å². The third kappa shape index (κ3) is 5.56. The van der Waals surface area contributed by atoms with E-state index in [1.807, 2.05) is 0 Å². The van der Waals surface area contributed by atoms with Gasteiger partial charge in [-0.15, -0.1) is 0 Å². The number of nitrogens with one attached hydrogen (secondary N) is 1. The van der Waals surface area contributed by atoms with Crippen molar-refractivity contribution in [1.82, 2.24) is 5.32 Å². The van der Waals surface area contributed by atoms with Gasteiger partial charge in [0.05, 0.1) is 11.5 Å². The van der Waals surface area contributed by atoms with Crippen LogP contribution in [0.2, 0.25) is 0 Å². The molecule has 0 aromatic carbocycles. The Morgan fingerprint density at radius 2 is 1.45 bits per heavy atom. The Kier molecular flexibility index (Phi) is 6.36. The minimum atomic E-state index is -3.26. The predicted octanol–water partition coefficient (Wildman–Crippen LogP) is -0.954. The minimum absolute atomic E-state index is 0.0415. The summed E-state index contributed by atoms with van der Waals surface area (Å²) in [6.45, 7) is 2.99. The van der Waals surface area contributed by atoms with Gasteiger partial charge in [-0.05, 0) is 6.42 Å². The van der Waals surface area contributed by atoms with Crippen LogP contribution in [0, 0.1) is 0 Å². The van der Waals surface area contributed by atoms with Gasteiger partial charge in [-0.1, -0.05) is 13.8 Å². The van der Waals surface area contributed by atoms with E-state index in [1.165, 1.54) is 13.8 Å². The van der Waals surface area contributed by atoms with E-state index in [-0.39, 0.29) is 35.9 Å². The number of esters is 1. The molecule has 1 fully saturated rings. The first kappa shape index (κ1) is 18.9.